The molecule has 0 saturated heterocycles. The van der Waals surface area contributed by atoms with Crippen molar-refractivity contribution in [1.82, 2.24) is 4.98 Å². The second-order valence-corrected chi connectivity index (χ2v) is 5.23. The van der Waals surface area contributed by atoms with Crippen LogP contribution in [0.4, 0.5) is 0 Å². The molecule has 0 bridgehead atoms. The molecule has 0 aliphatic carbocycles. The fourth-order valence-corrected chi connectivity index (χ4v) is 2.92. The molecule has 0 saturated carbocycles. The third-order valence-electron chi connectivity index (χ3n) is 2.18. The topological polar surface area (TPSA) is 38.9 Å². The molecule has 0 aliphatic heterocycles. The van der Waals surface area contributed by atoms with Gasteiger partial charge in [0, 0.05) is 39.6 Å². The summed E-state index contributed by atoms with van der Waals surface area (Å²) in [7, 11) is 0. The van der Waals surface area contributed by atoms with Crippen LogP contribution in [0, 0.1) is 0 Å². The highest BCUT2D eigenvalue weighted by Crippen LogP contribution is 2.24. The standard InChI is InChI=1S/C11H11BrN2S/c12-9-5-10(15-7-9)6-11(13)8-1-3-14-4-2-8/h1-5,7,11H,6,13H2. The second-order valence-electron chi connectivity index (χ2n) is 3.32. The van der Waals surface area contributed by atoms with E-state index >= 15 is 0 Å². The molecule has 0 radical (unpaired) electrons. The number of hydrogen-bond acceptors (Lipinski definition) is 3. The molecular weight excluding hydrogens is 272 g/mol. The Labute approximate surface area is 101 Å². The summed E-state index contributed by atoms with van der Waals surface area (Å²) >= 11 is 5.17. The van der Waals surface area contributed by atoms with E-state index < -0.39 is 0 Å². The fraction of sp³-hybridized carbons (Fsp3) is 0.182. The SMILES string of the molecule is NC(Cc1cc(Br)cs1)c1ccncc1. The third kappa shape index (κ3) is 2.87. The molecule has 2 rings (SSSR count). The Hall–Kier alpha value is -0.710. The van der Waals surface area contributed by atoms with E-state index in [1.807, 2.05) is 12.1 Å². The van der Waals surface area contributed by atoms with Gasteiger partial charge in [-0.1, -0.05) is 0 Å². The zero-order valence-electron chi connectivity index (χ0n) is 8.06. The van der Waals surface area contributed by atoms with Gasteiger partial charge in [0.2, 0.25) is 0 Å². The van der Waals surface area contributed by atoms with Crippen molar-refractivity contribution in [2.24, 2.45) is 5.73 Å². The lowest BCUT2D eigenvalue weighted by Crippen LogP contribution is -2.12. The van der Waals surface area contributed by atoms with E-state index in [1.54, 1.807) is 23.7 Å². The molecule has 0 amide bonds. The van der Waals surface area contributed by atoms with Crippen LogP contribution in [0.1, 0.15) is 16.5 Å². The van der Waals surface area contributed by atoms with Crippen LogP contribution < -0.4 is 5.73 Å². The van der Waals surface area contributed by atoms with Gasteiger partial charge in [0.15, 0.2) is 0 Å². The van der Waals surface area contributed by atoms with Crippen LogP contribution in [0.3, 0.4) is 0 Å². The predicted molar refractivity (Wildman–Crippen MR) is 66.9 cm³/mol. The first kappa shape index (κ1) is 10.8. The summed E-state index contributed by atoms with van der Waals surface area (Å²) in [5.74, 6) is 0. The number of rotatable bonds is 3. The summed E-state index contributed by atoms with van der Waals surface area (Å²) < 4.78 is 1.13. The minimum Gasteiger partial charge on any atom is -0.324 e. The minimum atomic E-state index is 0.0542. The highest BCUT2D eigenvalue weighted by atomic mass is 79.9. The average Bonchev–Trinajstić information content (AvgIpc) is 2.65. The van der Waals surface area contributed by atoms with Crippen molar-refractivity contribution in [2.75, 3.05) is 0 Å². The Bertz CT molecular complexity index is 427. The van der Waals surface area contributed by atoms with E-state index in [0.29, 0.717) is 0 Å². The van der Waals surface area contributed by atoms with Gasteiger partial charge in [-0.3, -0.25) is 4.98 Å². The molecule has 0 fully saturated rings. The van der Waals surface area contributed by atoms with Crippen molar-refractivity contribution in [2.45, 2.75) is 12.5 Å². The quantitative estimate of drug-likeness (QED) is 0.939. The Morgan fingerprint density at radius 3 is 2.73 bits per heavy atom. The second kappa shape index (κ2) is 4.88. The first-order valence-corrected chi connectivity index (χ1v) is 6.31. The highest BCUT2D eigenvalue weighted by Gasteiger charge is 2.07. The van der Waals surface area contributed by atoms with Gasteiger partial charge in [-0.2, -0.15) is 0 Å². The molecule has 2 aromatic heterocycles. The molecule has 2 aromatic rings. The monoisotopic (exact) mass is 282 g/mol. The molecule has 0 aliphatic rings. The van der Waals surface area contributed by atoms with E-state index in [2.05, 4.69) is 32.4 Å². The van der Waals surface area contributed by atoms with Crippen LogP contribution in [0.5, 0.6) is 0 Å². The van der Waals surface area contributed by atoms with E-state index in [4.69, 9.17) is 5.73 Å². The van der Waals surface area contributed by atoms with Gasteiger partial charge in [-0.05, 0) is 39.7 Å². The highest BCUT2D eigenvalue weighted by molar-refractivity contribution is 9.10. The van der Waals surface area contributed by atoms with E-state index in [-0.39, 0.29) is 6.04 Å². The fourth-order valence-electron chi connectivity index (χ4n) is 1.41. The lowest BCUT2D eigenvalue weighted by molar-refractivity contribution is 0.728. The number of nitrogens with two attached hydrogens (primary N) is 1. The number of pyridine rings is 1. The smallest absolute Gasteiger partial charge is 0.0344 e. The maximum absolute atomic E-state index is 6.10. The van der Waals surface area contributed by atoms with Crippen molar-refractivity contribution in [3.8, 4) is 0 Å². The summed E-state index contributed by atoms with van der Waals surface area (Å²) in [6, 6.07) is 6.10. The Balaban J connectivity index is 2.07. The molecule has 1 atom stereocenters. The van der Waals surface area contributed by atoms with Crippen molar-refractivity contribution in [3.63, 3.8) is 0 Å². The van der Waals surface area contributed by atoms with Gasteiger partial charge in [0.25, 0.3) is 0 Å². The maximum Gasteiger partial charge on any atom is 0.0344 e. The summed E-state index contributed by atoms with van der Waals surface area (Å²) in [5, 5.41) is 2.08. The van der Waals surface area contributed by atoms with Crippen LogP contribution in [-0.4, -0.2) is 4.98 Å². The van der Waals surface area contributed by atoms with Crippen LogP contribution >= 0.6 is 27.3 Å². The van der Waals surface area contributed by atoms with Gasteiger partial charge in [-0.25, -0.2) is 0 Å². The Morgan fingerprint density at radius 1 is 1.40 bits per heavy atom. The lowest BCUT2D eigenvalue weighted by atomic mass is 10.1. The van der Waals surface area contributed by atoms with Crippen LogP contribution in [0.15, 0.2) is 40.4 Å². The molecule has 2 N–H and O–H groups in total. The first-order valence-electron chi connectivity index (χ1n) is 4.64. The molecule has 1 unspecified atom stereocenters. The summed E-state index contributed by atoms with van der Waals surface area (Å²) in [4.78, 5) is 5.28. The maximum atomic E-state index is 6.10. The van der Waals surface area contributed by atoms with Crippen LogP contribution in [0.2, 0.25) is 0 Å². The van der Waals surface area contributed by atoms with Gasteiger partial charge in [-0.15, -0.1) is 11.3 Å². The predicted octanol–water partition coefficient (Wildman–Crippen LogP) is 3.15. The van der Waals surface area contributed by atoms with Crippen molar-refractivity contribution < 1.29 is 0 Å². The van der Waals surface area contributed by atoms with Gasteiger partial charge < -0.3 is 5.73 Å². The summed E-state index contributed by atoms with van der Waals surface area (Å²) in [6.45, 7) is 0. The minimum absolute atomic E-state index is 0.0542. The largest absolute Gasteiger partial charge is 0.324 e. The molecule has 0 aromatic carbocycles. The van der Waals surface area contributed by atoms with Gasteiger partial charge >= 0.3 is 0 Å². The molecule has 78 valence electrons. The molecule has 0 spiro atoms. The molecular formula is C11H11BrN2S. The number of hydrogen-bond donors (Lipinski definition) is 1. The van der Waals surface area contributed by atoms with Gasteiger partial charge in [0.1, 0.15) is 0 Å². The summed E-state index contributed by atoms with van der Waals surface area (Å²) in [6.07, 6.45) is 4.43. The van der Waals surface area contributed by atoms with Crippen LogP contribution in [-0.2, 0) is 6.42 Å². The molecule has 2 heterocycles. The Kier molecular flexibility index (Phi) is 3.51. The number of halogens is 1. The first-order chi connectivity index (χ1) is 7.25. The normalized spacial score (nSPS) is 12.7. The van der Waals surface area contributed by atoms with E-state index in [0.717, 1.165) is 16.5 Å². The molecule has 15 heavy (non-hydrogen) atoms. The average molecular weight is 283 g/mol. The van der Waals surface area contributed by atoms with Crippen LogP contribution in [0.25, 0.3) is 0 Å². The Morgan fingerprint density at radius 2 is 2.13 bits per heavy atom. The lowest BCUT2D eigenvalue weighted by Gasteiger charge is -2.09. The van der Waals surface area contributed by atoms with Gasteiger partial charge in [0.05, 0.1) is 0 Å². The number of nitrogens with zero attached hydrogens (tertiary/aromatic N) is 1. The zero-order chi connectivity index (χ0) is 10.7. The number of aromatic nitrogens is 1. The van der Waals surface area contributed by atoms with E-state index in [9.17, 15) is 0 Å². The third-order valence-corrected chi connectivity index (χ3v) is 3.90. The number of thiophene rings is 1. The van der Waals surface area contributed by atoms with Crippen molar-refractivity contribution in [3.05, 3.63) is 50.9 Å². The zero-order valence-corrected chi connectivity index (χ0v) is 10.5. The van der Waals surface area contributed by atoms with Crippen molar-refractivity contribution in [1.29, 1.82) is 0 Å². The van der Waals surface area contributed by atoms with E-state index in [1.165, 1.54) is 4.88 Å². The molecule has 2 nitrogen and oxygen atoms in total. The van der Waals surface area contributed by atoms with Crippen molar-refractivity contribution >= 4 is 27.3 Å². The summed E-state index contributed by atoms with van der Waals surface area (Å²) in [5.41, 5.74) is 7.23. The molecule has 4 heteroatoms.